The lowest BCUT2D eigenvalue weighted by Crippen LogP contribution is -2.66. The molecule has 2 aromatic rings. The number of pyridine rings is 2. The van der Waals surface area contributed by atoms with Gasteiger partial charge in [0.2, 0.25) is 0 Å². The van der Waals surface area contributed by atoms with Crippen LogP contribution in [0.4, 0.5) is 10.2 Å². The molecule has 0 amide bonds. The van der Waals surface area contributed by atoms with Crippen LogP contribution in [0.3, 0.4) is 0 Å². The summed E-state index contributed by atoms with van der Waals surface area (Å²) in [4.78, 5) is 18.0. The van der Waals surface area contributed by atoms with E-state index in [1.165, 1.54) is 12.1 Å². The summed E-state index contributed by atoms with van der Waals surface area (Å²) < 4.78 is 16.0. The maximum absolute atomic E-state index is 14.2. The van der Waals surface area contributed by atoms with Gasteiger partial charge in [0.25, 0.3) is 0 Å². The SMILES string of the molecule is CCn1ccc(=O)c2cc(F)c(N3CC(C)(N)C3)nc21. The van der Waals surface area contributed by atoms with E-state index >= 15 is 0 Å². The van der Waals surface area contributed by atoms with Gasteiger partial charge in [0.15, 0.2) is 17.1 Å². The van der Waals surface area contributed by atoms with E-state index < -0.39 is 5.82 Å². The summed E-state index contributed by atoms with van der Waals surface area (Å²) in [5.74, 6) is -0.202. The van der Waals surface area contributed by atoms with E-state index in [2.05, 4.69) is 4.98 Å². The number of aromatic nitrogens is 2. The summed E-state index contributed by atoms with van der Waals surface area (Å²) in [6.07, 6.45) is 1.68. The molecule has 6 heteroatoms. The number of hydrogen-bond donors (Lipinski definition) is 1. The van der Waals surface area contributed by atoms with Crippen LogP contribution in [-0.4, -0.2) is 28.2 Å². The highest BCUT2D eigenvalue weighted by molar-refractivity contribution is 5.77. The molecule has 3 rings (SSSR count). The molecule has 0 unspecified atom stereocenters. The van der Waals surface area contributed by atoms with Gasteiger partial charge in [0.05, 0.1) is 5.39 Å². The second kappa shape index (κ2) is 4.28. The Morgan fingerprint density at radius 2 is 2.20 bits per heavy atom. The van der Waals surface area contributed by atoms with Gasteiger partial charge in [-0.25, -0.2) is 9.37 Å². The number of nitrogens with two attached hydrogens (primary N) is 1. The van der Waals surface area contributed by atoms with Crippen molar-refractivity contribution in [2.45, 2.75) is 25.9 Å². The van der Waals surface area contributed by atoms with Crippen LogP contribution in [-0.2, 0) is 6.54 Å². The van der Waals surface area contributed by atoms with Gasteiger partial charge >= 0.3 is 0 Å². The van der Waals surface area contributed by atoms with Crippen molar-refractivity contribution in [3.63, 3.8) is 0 Å². The first-order chi connectivity index (χ1) is 9.41. The van der Waals surface area contributed by atoms with E-state index in [1.54, 1.807) is 11.1 Å². The minimum absolute atomic E-state index is 0.213. The van der Waals surface area contributed by atoms with Crippen LogP contribution in [0.5, 0.6) is 0 Å². The predicted molar refractivity (Wildman–Crippen MR) is 76.4 cm³/mol. The quantitative estimate of drug-likeness (QED) is 0.892. The summed E-state index contributed by atoms with van der Waals surface area (Å²) in [5, 5.41) is 0.312. The molecule has 1 aliphatic heterocycles. The average Bonchev–Trinajstić information content (AvgIpc) is 2.36. The third-order valence-corrected chi connectivity index (χ3v) is 3.63. The summed E-state index contributed by atoms with van der Waals surface area (Å²) >= 11 is 0. The van der Waals surface area contributed by atoms with E-state index in [0.717, 1.165) is 0 Å². The molecule has 20 heavy (non-hydrogen) atoms. The third-order valence-electron chi connectivity index (χ3n) is 3.63. The molecule has 0 saturated carbocycles. The van der Waals surface area contributed by atoms with E-state index in [4.69, 9.17) is 5.73 Å². The van der Waals surface area contributed by atoms with Crippen LogP contribution in [0.2, 0.25) is 0 Å². The van der Waals surface area contributed by atoms with Gasteiger partial charge in [-0.05, 0) is 19.9 Å². The van der Waals surface area contributed by atoms with Crippen LogP contribution in [0.25, 0.3) is 11.0 Å². The number of nitrogens with zero attached hydrogens (tertiary/aromatic N) is 3. The normalized spacial score (nSPS) is 17.3. The zero-order valence-corrected chi connectivity index (χ0v) is 11.6. The Hall–Kier alpha value is -1.95. The van der Waals surface area contributed by atoms with E-state index in [0.29, 0.717) is 30.7 Å². The third kappa shape index (κ3) is 1.96. The molecule has 106 valence electrons. The van der Waals surface area contributed by atoms with Crippen molar-refractivity contribution in [2.75, 3.05) is 18.0 Å². The van der Waals surface area contributed by atoms with Crippen LogP contribution in [0.15, 0.2) is 23.1 Å². The lowest BCUT2D eigenvalue weighted by molar-refractivity contribution is 0.358. The van der Waals surface area contributed by atoms with Gasteiger partial charge in [-0.2, -0.15) is 0 Å². The molecule has 1 fully saturated rings. The number of fused-ring (bicyclic) bond motifs is 1. The number of halogens is 1. The van der Waals surface area contributed by atoms with Crippen molar-refractivity contribution in [1.29, 1.82) is 0 Å². The summed E-state index contributed by atoms with van der Waals surface area (Å²) in [6, 6.07) is 2.71. The van der Waals surface area contributed by atoms with Crippen molar-refractivity contribution in [3.05, 3.63) is 34.4 Å². The van der Waals surface area contributed by atoms with Gasteiger partial charge in [0, 0.05) is 37.4 Å². The Morgan fingerprint density at radius 3 is 2.80 bits per heavy atom. The van der Waals surface area contributed by atoms with Crippen LogP contribution in [0.1, 0.15) is 13.8 Å². The molecule has 0 bridgehead atoms. The van der Waals surface area contributed by atoms with Gasteiger partial charge < -0.3 is 15.2 Å². The highest BCUT2D eigenvalue weighted by atomic mass is 19.1. The maximum atomic E-state index is 14.2. The number of hydrogen-bond acceptors (Lipinski definition) is 4. The molecule has 0 atom stereocenters. The van der Waals surface area contributed by atoms with Crippen molar-refractivity contribution in [2.24, 2.45) is 5.73 Å². The average molecular weight is 276 g/mol. The highest BCUT2D eigenvalue weighted by Gasteiger charge is 2.37. The number of anilines is 1. The molecule has 1 saturated heterocycles. The molecule has 0 aliphatic carbocycles. The van der Waals surface area contributed by atoms with E-state index in [1.807, 2.05) is 18.4 Å². The molecule has 0 aromatic carbocycles. The van der Waals surface area contributed by atoms with E-state index in [-0.39, 0.29) is 16.8 Å². The maximum Gasteiger partial charge on any atom is 0.191 e. The molecular weight excluding hydrogens is 259 g/mol. The van der Waals surface area contributed by atoms with E-state index in [9.17, 15) is 9.18 Å². The largest absolute Gasteiger partial charge is 0.350 e. The van der Waals surface area contributed by atoms with Gasteiger partial charge in [-0.1, -0.05) is 0 Å². The Balaban J connectivity index is 2.16. The Bertz CT molecular complexity index is 730. The summed E-state index contributed by atoms with van der Waals surface area (Å²) in [7, 11) is 0. The standard InChI is InChI=1S/C14H17FN4O/c1-3-18-5-4-11(20)9-6-10(15)13(17-12(9)18)19-7-14(2,16)8-19/h4-6H,3,7-8,16H2,1-2H3. The van der Waals surface area contributed by atoms with Crippen LogP contribution < -0.4 is 16.1 Å². The topological polar surface area (TPSA) is 64.2 Å². The lowest BCUT2D eigenvalue weighted by atomic mass is 9.94. The van der Waals surface area contributed by atoms with Crippen molar-refractivity contribution in [1.82, 2.24) is 9.55 Å². The first kappa shape index (κ1) is 13.1. The Labute approximate surface area is 115 Å². The zero-order chi connectivity index (χ0) is 14.5. The molecule has 2 aromatic heterocycles. The Morgan fingerprint density at radius 1 is 1.50 bits per heavy atom. The smallest absolute Gasteiger partial charge is 0.191 e. The molecule has 1 aliphatic rings. The first-order valence-corrected chi connectivity index (χ1v) is 6.65. The predicted octanol–water partition coefficient (Wildman–Crippen LogP) is 1.09. The van der Waals surface area contributed by atoms with Gasteiger partial charge in [-0.15, -0.1) is 0 Å². The van der Waals surface area contributed by atoms with Gasteiger partial charge in [-0.3, -0.25) is 4.79 Å². The van der Waals surface area contributed by atoms with Gasteiger partial charge in [0.1, 0.15) is 5.65 Å². The number of aryl methyl sites for hydroxylation is 1. The minimum atomic E-state index is -0.473. The highest BCUT2D eigenvalue weighted by Crippen LogP contribution is 2.28. The monoisotopic (exact) mass is 276 g/mol. The lowest BCUT2D eigenvalue weighted by Gasteiger charge is -2.46. The number of rotatable bonds is 2. The summed E-state index contributed by atoms with van der Waals surface area (Å²) in [5.41, 5.74) is 5.95. The summed E-state index contributed by atoms with van der Waals surface area (Å²) in [6.45, 7) is 5.67. The van der Waals surface area contributed by atoms with Crippen LogP contribution >= 0.6 is 0 Å². The van der Waals surface area contributed by atoms with Crippen LogP contribution in [0, 0.1) is 5.82 Å². The molecular formula is C14H17FN4O. The fraction of sp³-hybridized carbons (Fsp3) is 0.429. The molecule has 3 heterocycles. The molecule has 0 spiro atoms. The Kier molecular flexibility index (Phi) is 2.79. The fourth-order valence-electron chi connectivity index (χ4n) is 2.64. The molecule has 2 N–H and O–H groups in total. The first-order valence-electron chi connectivity index (χ1n) is 6.65. The minimum Gasteiger partial charge on any atom is -0.350 e. The zero-order valence-electron chi connectivity index (χ0n) is 11.6. The second-order valence-corrected chi connectivity index (χ2v) is 5.64. The fourth-order valence-corrected chi connectivity index (χ4v) is 2.64. The van der Waals surface area contributed by atoms with Crippen molar-refractivity contribution >= 4 is 16.9 Å². The second-order valence-electron chi connectivity index (χ2n) is 5.64. The molecule has 0 radical (unpaired) electrons. The molecule has 5 nitrogen and oxygen atoms in total. The van der Waals surface area contributed by atoms with Crippen molar-refractivity contribution in [3.8, 4) is 0 Å². The van der Waals surface area contributed by atoms with Crippen molar-refractivity contribution < 1.29 is 4.39 Å².